The molecule has 19 heavy (non-hydrogen) atoms. The lowest BCUT2D eigenvalue weighted by molar-refractivity contribution is 0.0949. The number of ether oxygens (including phenoxy) is 1. The Morgan fingerprint density at radius 2 is 2.26 bits per heavy atom. The molecule has 2 rings (SSSR count). The van der Waals surface area contributed by atoms with E-state index in [2.05, 4.69) is 19.2 Å². The lowest BCUT2D eigenvalue weighted by atomic mass is 9.87. The molecule has 1 aliphatic rings. The zero-order valence-corrected chi connectivity index (χ0v) is 12.1. The Morgan fingerprint density at radius 3 is 2.89 bits per heavy atom. The molecule has 1 heterocycles. The monoisotopic (exact) mass is 265 g/mol. The van der Waals surface area contributed by atoms with Crippen molar-refractivity contribution in [3.8, 4) is 0 Å². The molecular formula is C16H24FNO. The summed E-state index contributed by atoms with van der Waals surface area (Å²) in [5, 5.41) is 3.51. The fraction of sp³-hybridized carbons (Fsp3) is 0.625. The van der Waals surface area contributed by atoms with Crippen LogP contribution in [0.1, 0.15) is 43.9 Å². The largest absolute Gasteiger partial charge is 0.378 e. The first-order valence-electron chi connectivity index (χ1n) is 7.24. The normalized spacial score (nSPS) is 24.6. The van der Waals surface area contributed by atoms with Crippen molar-refractivity contribution < 1.29 is 9.13 Å². The summed E-state index contributed by atoms with van der Waals surface area (Å²) in [5.74, 6) is 0.237. The van der Waals surface area contributed by atoms with Gasteiger partial charge < -0.3 is 10.1 Å². The molecule has 106 valence electrons. The summed E-state index contributed by atoms with van der Waals surface area (Å²) < 4.78 is 19.8. The van der Waals surface area contributed by atoms with Crippen molar-refractivity contribution in [2.24, 2.45) is 5.92 Å². The van der Waals surface area contributed by atoms with Crippen LogP contribution < -0.4 is 5.32 Å². The Labute approximate surface area is 115 Å². The molecule has 0 spiro atoms. The van der Waals surface area contributed by atoms with Gasteiger partial charge in [0.25, 0.3) is 0 Å². The van der Waals surface area contributed by atoms with Crippen LogP contribution in [0.15, 0.2) is 18.2 Å². The summed E-state index contributed by atoms with van der Waals surface area (Å²) in [4.78, 5) is 0. The van der Waals surface area contributed by atoms with E-state index in [1.807, 2.05) is 19.1 Å². The molecule has 3 unspecified atom stereocenters. The van der Waals surface area contributed by atoms with Crippen molar-refractivity contribution in [2.75, 3.05) is 13.2 Å². The number of nitrogens with one attached hydrogen (secondary N) is 1. The van der Waals surface area contributed by atoms with Gasteiger partial charge >= 0.3 is 0 Å². The second-order valence-electron chi connectivity index (χ2n) is 5.49. The molecule has 1 saturated heterocycles. The van der Waals surface area contributed by atoms with Gasteiger partial charge in [0.1, 0.15) is 5.82 Å². The van der Waals surface area contributed by atoms with Gasteiger partial charge in [0.2, 0.25) is 0 Å². The number of halogens is 1. The van der Waals surface area contributed by atoms with E-state index in [4.69, 9.17) is 4.74 Å². The van der Waals surface area contributed by atoms with Gasteiger partial charge in [-0.3, -0.25) is 0 Å². The van der Waals surface area contributed by atoms with E-state index >= 15 is 0 Å². The topological polar surface area (TPSA) is 21.3 Å². The van der Waals surface area contributed by atoms with Crippen LogP contribution in [0.2, 0.25) is 0 Å². The van der Waals surface area contributed by atoms with Crippen LogP contribution in [0.25, 0.3) is 0 Å². The Kier molecular flexibility index (Phi) is 4.94. The van der Waals surface area contributed by atoms with Gasteiger partial charge in [-0.05, 0) is 39.3 Å². The molecule has 1 aromatic rings. The highest BCUT2D eigenvalue weighted by atomic mass is 19.1. The van der Waals surface area contributed by atoms with Gasteiger partial charge in [0.05, 0.1) is 6.10 Å². The molecule has 1 aliphatic heterocycles. The van der Waals surface area contributed by atoms with Gasteiger partial charge in [0.15, 0.2) is 0 Å². The maximum absolute atomic E-state index is 14.1. The number of rotatable bonds is 5. The van der Waals surface area contributed by atoms with Crippen molar-refractivity contribution >= 4 is 0 Å². The van der Waals surface area contributed by atoms with Crippen molar-refractivity contribution in [1.82, 2.24) is 5.32 Å². The van der Waals surface area contributed by atoms with Gasteiger partial charge in [0, 0.05) is 24.1 Å². The van der Waals surface area contributed by atoms with E-state index in [-0.39, 0.29) is 18.0 Å². The van der Waals surface area contributed by atoms with Gasteiger partial charge in [-0.15, -0.1) is 0 Å². The molecule has 0 radical (unpaired) electrons. The minimum atomic E-state index is -0.113. The Morgan fingerprint density at radius 1 is 1.47 bits per heavy atom. The molecule has 0 aromatic heterocycles. The number of hydrogen-bond donors (Lipinski definition) is 1. The number of hydrogen-bond acceptors (Lipinski definition) is 2. The van der Waals surface area contributed by atoms with Crippen LogP contribution in [0.4, 0.5) is 4.39 Å². The average Bonchev–Trinajstić information content (AvgIpc) is 2.80. The first-order valence-corrected chi connectivity index (χ1v) is 7.24. The maximum atomic E-state index is 14.1. The van der Waals surface area contributed by atoms with E-state index < -0.39 is 0 Å². The van der Waals surface area contributed by atoms with Gasteiger partial charge in [-0.1, -0.05) is 24.6 Å². The van der Waals surface area contributed by atoms with Gasteiger partial charge in [-0.2, -0.15) is 0 Å². The van der Waals surface area contributed by atoms with Gasteiger partial charge in [-0.25, -0.2) is 4.39 Å². The van der Waals surface area contributed by atoms with Crippen LogP contribution in [0, 0.1) is 18.7 Å². The molecular weight excluding hydrogens is 241 g/mol. The standard InChI is InChI=1S/C16H24FNO/c1-4-8-18-16(13-7-9-19-12(13)3)14-10-11(2)5-6-15(14)17/h5-6,10,12-13,16,18H,4,7-9H2,1-3H3. The lowest BCUT2D eigenvalue weighted by Crippen LogP contribution is -2.33. The molecule has 1 fully saturated rings. The average molecular weight is 265 g/mol. The van der Waals surface area contributed by atoms with Crippen molar-refractivity contribution in [3.05, 3.63) is 35.1 Å². The summed E-state index contributed by atoms with van der Waals surface area (Å²) in [5.41, 5.74) is 1.89. The summed E-state index contributed by atoms with van der Waals surface area (Å²) in [6.45, 7) is 7.91. The Bertz CT molecular complexity index is 421. The highest BCUT2D eigenvalue weighted by molar-refractivity contribution is 5.28. The summed E-state index contributed by atoms with van der Waals surface area (Å²) >= 11 is 0. The SMILES string of the molecule is CCCNC(c1cc(C)ccc1F)C1CCOC1C. The first-order chi connectivity index (χ1) is 9.13. The van der Waals surface area contributed by atoms with Crippen LogP contribution >= 0.6 is 0 Å². The predicted molar refractivity (Wildman–Crippen MR) is 75.7 cm³/mol. The molecule has 3 atom stereocenters. The maximum Gasteiger partial charge on any atom is 0.128 e. The molecule has 1 aromatic carbocycles. The summed E-state index contributed by atoms with van der Waals surface area (Å²) in [6, 6.07) is 5.42. The van der Waals surface area contributed by atoms with Crippen LogP contribution in [-0.4, -0.2) is 19.3 Å². The number of aryl methyl sites for hydroxylation is 1. The fourth-order valence-electron chi connectivity index (χ4n) is 2.88. The second kappa shape index (κ2) is 6.49. The number of benzene rings is 1. The van der Waals surface area contributed by atoms with Crippen molar-refractivity contribution in [2.45, 2.75) is 45.8 Å². The van der Waals surface area contributed by atoms with Crippen molar-refractivity contribution in [3.63, 3.8) is 0 Å². The van der Waals surface area contributed by atoms with E-state index in [9.17, 15) is 4.39 Å². The second-order valence-corrected chi connectivity index (χ2v) is 5.49. The van der Waals surface area contributed by atoms with Crippen LogP contribution in [0.5, 0.6) is 0 Å². The third-order valence-electron chi connectivity index (χ3n) is 3.96. The van der Waals surface area contributed by atoms with Crippen molar-refractivity contribution in [1.29, 1.82) is 0 Å². The molecule has 0 amide bonds. The molecule has 3 heteroatoms. The first kappa shape index (κ1) is 14.5. The zero-order valence-electron chi connectivity index (χ0n) is 12.1. The third-order valence-corrected chi connectivity index (χ3v) is 3.96. The molecule has 0 saturated carbocycles. The highest BCUT2D eigenvalue weighted by Gasteiger charge is 2.33. The summed E-state index contributed by atoms with van der Waals surface area (Å²) in [7, 11) is 0. The van der Waals surface area contributed by atoms with E-state index in [1.54, 1.807) is 6.07 Å². The zero-order chi connectivity index (χ0) is 13.8. The molecule has 1 N–H and O–H groups in total. The Hall–Kier alpha value is -0.930. The fourth-order valence-corrected chi connectivity index (χ4v) is 2.88. The van der Waals surface area contributed by atoms with E-state index in [0.29, 0.717) is 5.92 Å². The molecule has 0 aliphatic carbocycles. The molecule has 2 nitrogen and oxygen atoms in total. The van der Waals surface area contributed by atoms with E-state index in [1.165, 1.54) is 0 Å². The lowest BCUT2D eigenvalue weighted by Gasteiger charge is -2.28. The Balaban J connectivity index is 2.28. The predicted octanol–water partition coefficient (Wildman–Crippen LogP) is 3.60. The molecule has 0 bridgehead atoms. The van der Waals surface area contributed by atoms with Crippen LogP contribution in [-0.2, 0) is 4.74 Å². The summed E-state index contributed by atoms with van der Waals surface area (Å²) in [6.07, 6.45) is 2.23. The van der Waals surface area contributed by atoms with Crippen LogP contribution in [0.3, 0.4) is 0 Å². The quantitative estimate of drug-likeness (QED) is 0.878. The van der Waals surface area contributed by atoms with E-state index in [0.717, 1.165) is 37.1 Å². The third kappa shape index (κ3) is 3.34. The minimum absolute atomic E-state index is 0.0531. The smallest absolute Gasteiger partial charge is 0.128 e. The highest BCUT2D eigenvalue weighted by Crippen LogP contribution is 2.34. The minimum Gasteiger partial charge on any atom is -0.378 e.